The Morgan fingerprint density at radius 3 is 2.67 bits per heavy atom. The molecule has 30 heavy (non-hydrogen) atoms. The lowest BCUT2D eigenvalue weighted by Crippen LogP contribution is -2.10. The highest BCUT2D eigenvalue weighted by molar-refractivity contribution is 7.07. The predicted octanol–water partition coefficient (Wildman–Crippen LogP) is 4.44. The molecule has 0 saturated carbocycles. The molecule has 0 spiro atoms. The van der Waals surface area contributed by atoms with Crippen molar-refractivity contribution in [2.75, 3.05) is 11.9 Å². The first kappa shape index (κ1) is 22.0. The molecule has 0 atom stereocenters. The van der Waals surface area contributed by atoms with Crippen LogP contribution in [0, 0.1) is 0 Å². The lowest BCUT2D eigenvalue weighted by molar-refractivity contribution is 0.735. The molecule has 0 aliphatic heterocycles. The summed E-state index contributed by atoms with van der Waals surface area (Å²) in [5, 5.41) is 6.70. The third-order valence-electron chi connectivity index (χ3n) is 4.77. The maximum atomic E-state index is 5.74. The van der Waals surface area contributed by atoms with Gasteiger partial charge in [0.15, 0.2) is 5.82 Å². The van der Waals surface area contributed by atoms with Crippen molar-refractivity contribution in [2.24, 2.45) is 5.73 Å². The standard InChI is InChI=1S/C20H19N7S.2ClH/c21-5-8-26-7-4-17-19(26)20(23-12-22-17)25-15-1-2-18-14(9-15)3-6-27(18)10-16-11-28-13-24-16;;/h1-4,6-7,9,11-13H,5,8,10,21H2,(H,22,23,25);2*1H. The Morgan fingerprint density at radius 1 is 1.00 bits per heavy atom. The first-order chi connectivity index (χ1) is 13.8. The van der Waals surface area contributed by atoms with Crippen LogP contribution in [0.15, 0.2) is 59.9 Å². The normalized spacial score (nSPS) is 10.7. The molecule has 3 N–H and O–H groups in total. The van der Waals surface area contributed by atoms with Gasteiger partial charge in [-0.05, 0) is 30.3 Å². The highest BCUT2D eigenvalue weighted by Gasteiger charge is 2.10. The summed E-state index contributed by atoms with van der Waals surface area (Å²) in [6.45, 7) is 2.07. The van der Waals surface area contributed by atoms with E-state index in [2.05, 4.69) is 65.2 Å². The Labute approximate surface area is 189 Å². The minimum Gasteiger partial charge on any atom is -0.342 e. The molecule has 10 heteroatoms. The number of thiazole rings is 1. The monoisotopic (exact) mass is 461 g/mol. The molecular formula is C20H21Cl2N7S. The van der Waals surface area contributed by atoms with Crippen molar-refractivity contribution in [1.82, 2.24) is 24.1 Å². The smallest absolute Gasteiger partial charge is 0.158 e. The third-order valence-corrected chi connectivity index (χ3v) is 5.40. The summed E-state index contributed by atoms with van der Waals surface area (Å²) < 4.78 is 4.30. The SMILES string of the molecule is Cl.Cl.NCCn1ccc2ncnc(Nc3ccc4c(ccn4Cc4cscn4)c3)c21. The van der Waals surface area contributed by atoms with Crippen molar-refractivity contribution in [3.63, 3.8) is 0 Å². The fourth-order valence-corrected chi connectivity index (χ4v) is 4.04. The second-order valence-electron chi connectivity index (χ2n) is 6.58. The van der Waals surface area contributed by atoms with Crippen LogP contribution in [0.1, 0.15) is 5.69 Å². The molecular weight excluding hydrogens is 441 g/mol. The van der Waals surface area contributed by atoms with Crippen molar-refractivity contribution in [3.05, 3.63) is 65.6 Å². The van der Waals surface area contributed by atoms with Gasteiger partial charge in [0.05, 0.1) is 23.3 Å². The zero-order chi connectivity index (χ0) is 18.9. The quantitative estimate of drug-likeness (QED) is 0.390. The average molecular weight is 462 g/mol. The van der Waals surface area contributed by atoms with Crippen LogP contribution in [0.5, 0.6) is 0 Å². The van der Waals surface area contributed by atoms with Crippen LogP contribution in [0.25, 0.3) is 21.9 Å². The molecule has 1 aromatic carbocycles. The number of rotatable bonds is 6. The lowest BCUT2D eigenvalue weighted by atomic mass is 10.2. The van der Waals surface area contributed by atoms with Gasteiger partial charge < -0.3 is 20.2 Å². The van der Waals surface area contributed by atoms with Crippen LogP contribution in [0.2, 0.25) is 0 Å². The highest BCUT2D eigenvalue weighted by atomic mass is 35.5. The fourth-order valence-electron chi connectivity index (χ4n) is 3.49. The number of halogens is 2. The summed E-state index contributed by atoms with van der Waals surface area (Å²) >= 11 is 1.62. The van der Waals surface area contributed by atoms with E-state index in [0.29, 0.717) is 6.54 Å². The predicted molar refractivity (Wildman–Crippen MR) is 128 cm³/mol. The van der Waals surface area contributed by atoms with Gasteiger partial charge in [-0.25, -0.2) is 15.0 Å². The molecule has 0 radical (unpaired) electrons. The fraction of sp³-hybridized carbons (Fsp3) is 0.150. The molecule has 7 nitrogen and oxygen atoms in total. The van der Waals surface area contributed by atoms with E-state index in [4.69, 9.17) is 5.73 Å². The van der Waals surface area contributed by atoms with E-state index in [9.17, 15) is 0 Å². The number of fused-ring (bicyclic) bond motifs is 2. The summed E-state index contributed by atoms with van der Waals surface area (Å²) in [4.78, 5) is 13.2. The molecule has 0 aliphatic carbocycles. The topological polar surface area (TPSA) is 86.6 Å². The number of nitrogens with zero attached hydrogens (tertiary/aromatic N) is 5. The second-order valence-corrected chi connectivity index (χ2v) is 7.29. The largest absolute Gasteiger partial charge is 0.342 e. The Morgan fingerprint density at radius 2 is 1.87 bits per heavy atom. The van der Waals surface area contributed by atoms with Crippen molar-refractivity contribution < 1.29 is 0 Å². The molecule has 0 saturated heterocycles. The zero-order valence-corrected chi connectivity index (χ0v) is 18.4. The number of nitrogens with one attached hydrogen (secondary N) is 1. The first-order valence-corrected chi connectivity index (χ1v) is 9.99. The molecule has 156 valence electrons. The maximum Gasteiger partial charge on any atom is 0.158 e. The molecule has 0 amide bonds. The molecule has 4 aromatic heterocycles. The average Bonchev–Trinajstić information content (AvgIpc) is 3.44. The van der Waals surface area contributed by atoms with Crippen LogP contribution in [-0.4, -0.2) is 30.6 Å². The molecule has 0 fully saturated rings. The lowest BCUT2D eigenvalue weighted by Gasteiger charge is -2.10. The molecule has 0 aliphatic rings. The van der Waals surface area contributed by atoms with Gasteiger partial charge in [0.1, 0.15) is 11.8 Å². The van der Waals surface area contributed by atoms with Gasteiger partial charge in [-0.1, -0.05) is 0 Å². The van der Waals surface area contributed by atoms with Crippen LogP contribution in [0.4, 0.5) is 11.5 Å². The number of hydrogen-bond donors (Lipinski definition) is 2. The van der Waals surface area contributed by atoms with E-state index in [1.165, 1.54) is 10.9 Å². The minimum atomic E-state index is 0. The second kappa shape index (κ2) is 9.44. The number of hydrogen-bond acceptors (Lipinski definition) is 6. The van der Waals surface area contributed by atoms with Gasteiger partial charge in [0.2, 0.25) is 0 Å². The third kappa shape index (κ3) is 4.13. The Balaban J connectivity index is 0.00000128. The summed E-state index contributed by atoms with van der Waals surface area (Å²) in [7, 11) is 0. The highest BCUT2D eigenvalue weighted by Crippen LogP contribution is 2.27. The van der Waals surface area contributed by atoms with Gasteiger partial charge in [-0.3, -0.25) is 0 Å². The molecule has 5 aromatic rings. The van der Waals surface area contributed by atoms with Crippen LogP contribution >= 0.6 is 36.2 Å². The van der Waals surface area contributed by atoms with Crippen LogP contribution in [0.3, 0.4) is 0 Å². The Kier molecular flexibility index (Phi) is 6.94. The van der Waals surface area contributed by atoms with E-state index in [0.717, 1.165) is 41.3 Å². The van der Waals surface area contributed by atoms with Crippen LogP contribution in [-0.2, 0) is 13.1 Å². The van der Waals surface area contributed by atoms with Crippen LogP contribution < -0.4 is 11.1 Å². The molecule has 0 bridgehead atoms. The minimum absolute atomic E-state index is 0. The van der Waals surface area contributed by atoms with Crippen molar-refractivity contribution in [2.45, 2.75) is 13.1 Å². The molecule has 4 heterocycles. The van der Waals surface area contributed by atoms with Crippen molar-refractivity contribution >= 4 is 69.6 Å². The van der Waals surface area contributed by atoms with Gasteiger partial charge in [-0.15, -0.1) is 36.2 Å². The van der Waals surface area contributed by atoms with E-state index in [1.54, 1.807) is 17.7 Å². The van der Waals surface area contributed by atoms with E-state index >= 15 is 0 Å². The number of nitrogens with two attached hydrogens (primary N) is 1. The molecule has 5 rings (SSSR count). The Bertz CT molecular complexity index is 1250. The first-order valence-electron chi connectivity index (χ1n) is 9.05. The van der Waals surface area contributed by atoms with Gasteiger partial charge in [0, 0.05) is 47.5 Å². The molecule has 0 unspecified atom stereocenters. The van der Waals surface area contributed by atoms with Gasteiger partial charge in [-0.2, -0.15) is 0 Å². The number of benzene rings is 1. The van der Waals surface area contributed by atoms with E-state index in [1.807, 2.05) is 17.8 Å². The Hall–Kier alpha value is -2.65. The van der Waals surface area contributed by atoms with Crippen molar-refractivity contribution in [3.8, 4) is 0 Å². The van der Waals surface area contributed by atoms with E-state index in [-0.39, 0.29) is 24.8 Å². The van der Waals surface area contributed by atoms with Gasteiger partial charge >= 0.3 is 0 Å². The van der Waals surface area contributed by atoms with Crippen molar-refractivity contribution in [1.29, 1.82) is 0 Å². The summed E-state index contributed by atoms with van der Waals surface area (Å²) in [5.41, 5.74) is 12.7. The van der Waals surface area contributed by atoms with E-state index < -0.39 is 0 Å². The summed E-state index contributed by atoms with van der Waals surface area (Å²) in [5.74, 6) is 0.782. The summed E-state index contributed by atoms with van der Waals surface area (Å²) in [6.07, 6.45) is 5.68. The number of aromatic nitrogens is 5. The zero-order valence-electron chi connectivity index (χ0n) is 15.9. The number of anilines is 2. The maximum absolute atomic E-state index is 5.74. The summed E-state index contributed by atoms with van der Waals surface area (Å²) in [6, 6.07) is 10.4. The van der Waals surface area contributed by atoms with Gasteiger partial charge in [0.25, 0.3) is 0 Å².